The third kappa shape index (κ3) is 4.68. The standard InChI is InChI=1S/C18H16ClN3O4S2/c19-16-13-3-1-2-4-14(13)27-17(16)18(24)22-10-15(23)21-9-11-5-7-12(8-6-11)28(20,25)26/h1-8H,9-10H2,(H,21,23)(H,22,24)(H2,20,25,26). The zero-order valence-electron chi connectivity index (χ0n) is 14.4. The molecule has 0 aliphatic rings. The highest BCUT2D eigenvalue weighted by molar-refractivity contribution is 7.89. The Labute approximate surface area is 170 Å². The summed E-state index contributed by atoms with van der Waals surface area (Å²) >= 11 is 7.51. The first kappa shape index (κ1) is 20.3. The van der Waals surface area contributed by atoms with E-state index in [0.717, 1.165) is 10.1 Å². The van der Waals surface area contributed by atoms with Gasteiger partial charge in [0, 0.05) is 16.6 Å². The number of thiophene rings is 1. The van der Waals surface area contributed by atoms with E-state index in [0.29, 0.717) is 15.5 Å². The van der Waals surface area contributed by atoms with Crippen LogP contribution in [0.2, 0.25) is 5.02 Å². The predicted molar refractivity (Wildman–Crippen MR) is 109 cm³/mol. The lowest BCUT2D eigenvalue weighted by molar-refractivity contribution is -0.120. The average molecular weight is 438 g/mol. The summed E-state index contributed by atoms with van der Waals surface area (Å²) in [7, 11) is -3.75. The number of primary sulfonamides is 1. The molecule has 2 amide bonds. The number of hydrogen-bond donors (Lipinski definition) is 3. The van der Waals surface area contributed by atoms with Gasteiger partial charge < -0.3 is 10.6 Å². The van der Waals surface area contributed by atoms with E-state index >= 15 is 0 Å². The van der Waals surface area contributed by atoms with Crippen LogP contribution in [0.5, 0.6) is 0 Å². The molecule has 7 nitrogen and oxygen atoms in total. The molecule has 3 rings (SSSR count). The molecule has 10 heteroatoms. The predicted octanol–water partition coefficient (Wildman–Crippen LogP) is 2.25. The average Bonchev–Trinajstić information content (AvgIpc) is 3.01. The Hall–Kier alpha value is -2.46. The Kier molecular flexibility index (Phi) is 5.99. The van der Waals surface area contributed by atoms with E-state index in [1.54, 1.807) is 12.1 Å². The minimum atomic E-state index is -3.75. The van der Waals surface area contributed by atoms with Gasteiger partial charge in [0.1, 0.15) is 4.88 Å². The summed E-state index contributed by atoms with van der Waals surface area (Å²) in [6, 6.07) is 13.2. The number of sulfonamides is 1. The quantitative estimate of drug-likeness (QED) is 0.548. The second kappa shape index (κ2) is 8.27. The van der Waals surface area contributed by atoms with Gasteiger partial charge in [0.15, 0.2) is 0 Å². The summed E-state index contributed by atoms with van der Waals surface area (Å²) in [4.78, 5) is 24.6. The smallest absolute Gasteiger partial charge is 0.263 e. The molecule has 0 fully saturated rings. The number of nitrogens with one attached hydrogen (secondary N) is 2. The fraction of sp³-hybridized carbons (Fsp3) is 0.111. The number of nitrogens with two attached hydrogens (primary N) is 1. The lowest BCUT2D eigenvalue weighted by Crippen LogP contribution is -2.36. The van der Waals surface area contributed by atoms with Gasteiger partial charge in [-0.1, -0.05) is 41.9 Å². The molecule has 0 radical (unpaired) electrons. The normalized spacial score (nSPS) is 11.4. The molecule has 0 atom stereocenters. The van der Waals surface area contributed by atoms with Crippen LogP contribution in [-0.2, 0) is 21.4 Å². The molecule has 1 aromatic heterocycles. The van der Waals surface area contributed by atoms with Crippen molar-refractivity contribution in [3.05, 3.63) is 64.0 Å². The molecule has 4 N–H and O–H groups in total. The minimum absolute atomic E-state index is 0.00458. The first-order chi connectivity index (χ1) is 13.3. The van der Waals surface area contributed by atoms with E-state index in [4.69, 9.17) is 16.7 Å². The van der Waals surface area contributed by atoms with Crippen molar-refractivity contribution in [2.75, 3.05) is 6.54 Å². The zero-order valence-corrected chi connectivity index (χ0v) is 16.8. The maximum atomic E-state index is 12.3. The van der Waals surface area contributed by atoms with Crippen molar-refractivity contribution in [2.45, 2.75) is 11.4 Å². The van der Waals surface area contributed by atoms with Gasteiger partial charge in [-0.05, 0) is 23.8 Å². The number of benzene rings is 2. The highest BCUT2D eigenvalue weighted by atomic mass is 35.5. The topological polar surface area (TPSA) is 118 Å². The largest absolute Gasteiger partial charge is 0.350 e. The number of hydrogen-bond acceptors (Lipinski definition) is 5. The maximum absolute atomic E-state index is 12.3. The molecule has 28 heavy (non-hydrogen) atoms. The van der Waals surface area contributed by atoms with Crippen LogP contribution in [0.1, 0.15) is 15.2 Å². The SMILES string of the molecule is NS(=O)(=O)c1ccc(CNC(=O)CNC(=O)c2sc3ccccc3c2Cl)cc1. The molecule has 2 aromatic carbocycles. The molecular formula is C18H16ClN3O4S2. The van der Waals surface area contributed by atoms with Crippen molar-refractivity contribution < 1.29 is 18.0 Å². The third-order valence-corrected chi connectivity index (χ3v) is 6.50. The van der Waals surface area contributed by atoms with E-state index in [9.17, 15) is 18.0 Å². The molecule has 146 valence electrons. The molecule has 0 bridgehead atoms. The van der Waals surface area contributed by atoms with E-state index in [1.807, 2.05) is 24.3 Å². The molecule has 0 spiro atoms. The number of carbonyl (C=O) groups excluding carboxylic acids is 2. The maximum Gasteiger partial charge on any atom is 0.263 e. The lowest BCUT2D eigenvalue weighted by Gasteiger charge is -2.07. The van der Waals surface area contributed by atoms with Crippen molar-refractivity contribution in [3.8, 4) is 0 Å². The first-order valence-corrected chi connectivity index (χ1v) is 10.8. The van der Waals surface area contributed by atoms with Gasteiger partial charge in [0.2, 0.25) is 15.9 Å². The van der Waals surface area contributed by atoms with Crippen LogP contribution in [-0.4, -0.2) is 26.8 Å². The Balaban J connectivity index is 1.54. The van der Waals surface area contributed by atoms with Gasteiger partial charge >= 0.3 is 0 Å². The van der Waals surface area contributed by atoms with Crippen molar-refractivity contribution in [2.24, 2.45) is 5.14 Å². The second-order valence-corrected chi connectivity index (χ2v) is 8.88. The molecule has 0 saturated carbocycles. The Bertz CT molecular complexity index is 1140. The van der Waals surface area contributed by atoms with Crippen LogP contribution in [0, 0.1) is 0 Å². The number of fused-ring (bicyclic) bond motifs is 1. The second-order valence-electron chi connectivity index (χ2n) is 5.89. The van der Waals surface area contributed by atoms with Crippen LogP contribution >= 0.6 is 22.9 Å². The van der Waals surface area contributed by atoms with E-state index < -0.39 is 15.9 Å². The fourth-order valence-electron chi connectivity index (χ4n) is 2.46. The fourth-order valence-corrected chi connectivity index (χ4v) is 4.41. The van der Waals surface area contributed by atoms with Crippen LogP contribution in [0.25, 0.3) is 10.1 Å². The molecular weight excluding hydrogens is 422 g/mol. The van der Waals surface area contributed by atoms with Crippen molar-refractivity contribution in [1.29, 1.82) is 0 Å². The van der Waals surface area contributed by atoms with Gasteiger partial charge in [-0.15, -0.1) is 11.3 Å². The van der Waals surface area contributed by atoms with Crippen molar-refractivity contribution >= 4 is 54.9 Å². The highest BCUT2D eigenvalue weighted by Gasteiger charge is 2.17. The summed E-state index contributed by atoms with van der Waals surface area (Å²) in [5.74, 6) is -0.806. The lowest BCUT2D eigenvalue weighted by atomic mass is 10.2. The van der Waals surface area contributed by atoms with Gasteiger partial charge in [0.25, 0.3) is 5.91 Å². The van der Waals surface area contributed by atoms with Crippen LogP contribution in [0.3, 0.4) is 0 Å². The molecule has 0 aliphatic carbocycles. The Morgan fingerprint density at radius 2 is 1.71 bits per heavy atom. The summed E-state index contributed by atoms with van der Waals surface area (Å²) in [5.41, 5.74) is 0.694. The summed E-state index contributed by atoms with van der Waals surface area (Å²) < 4.78 is 23.3. The molecule has 0 saturated heterocycles. The number of amides is 2. The van der Waals surface area contributed by atoms with E-state index in [-0.39, 0.29) is 23.9 Å². The Morgan fingerprint density at radius 1 is 1.04 bits per heavy atom. The first-order valence-electron chi connectivity index (χ1n) is 8.09. The molecule has 3 aromatic rings. The van der Waals surface area contributed by atoms with E-state index in [1.165, 1.54) is 23.5 Å². The van der Waals surface area contributed by atoms with Crippen molar-refractivity contribution in [3.63, 3.8) is 0 Å². The van der Waals surface area contributed by atoms with Crippen LogP contribution < -0.4 is 15.8 Å². The molecule has 1 heterocycles. The highest BCUT2D eigenvalue weighted by Crippen LogP contribution is 2.34. The summed E-state index contributed by atoms with van der Waals surface area (Å²) in [6.45, 7) is -0.0259. The summed E-state index contributed by atoms with van der Waals surface area (Å²) in [6.07, 6.45) is 0. The van der Waals surface area contributed by atoms with Gasteiger partial charge in [0.05, 0.1) is 16.5 Å². The molecule has 0 aliphatic heterocycles. The van der Waals surface area contributed by atoms with Gasteiger partial charge in [-0.2, -0.15) is 0 Å². The number of carbonyl (C=O) groups is 2. The van der Waals surface area contributed by atoms with Crippen LogP contribution in [0.4, 0.5) is 0 Å². The molecule has 0 unspecified atom stereocenters. The Morgan fingerprint density at radius 3 is 2.36 bits per heavy atom. The van der Waals surface area contributed by atoms with E-state index in [2.05, 4.69) is 10.6 Å². The third-order valence-electron chi connectivity index (χ3n) is 3.89. The monoisotopic (exact) mass is 437 g/mol. The van der Waals surface area contributed by atoms with Crippen LogP contribution in [0.15, 0.2) is 53.4 Å². The zero-order chi connectivity index (χ0) is 20.3. The van der Waals surface area contributed by atoms with Gasteiger partial charge in [-0.3, -0.25) is 9.59 Å². The van der Waals surface area contributed by atoms with Gasteiger partial charge in [-0.25, -0.2) is 13.6 Å². The summed E-state index contributed by atoms with van der Waals surface area (Å²) in [5, 5.41) is 11.4. The number of rotatable bonds is 6. The minimum Gasteiger partial charge on any atom is -0.350 e. The number of halogens is 1. The van der Waals surface area contributed by atoms with Crippen molar-refractivity contribution in [1.82, 2.24) is 10.6 Å².